The molecule has 1 heterocycles. The number of nitrogens with zero attached hydrogens (tertiary/aromatic N) is 1. The number of rotatable bonds is 8. The molecule has 0 aromatic heterocycles. The van der Waals surface area contributed by atoms with E-state index in [1.807, 2.05) is 29.2 Å². The van der Waals surface area contributed by atoms with Crippen molar-refractivity contribution in [2.45, 2.75) is 58.5 Å². The Labute approximate surface area is 193 Å². The van der Waals surface area contributed by atoms with E-state index in [0.29, 0.717) is 18.9 Å². The normalized spacial score (nSPS) is 14.8. The zero-order valence-corrected chi connectivity index (χ0v) is 20.3. The van der Waals surface area contributed by atoms with E-state index in [1.54, 1.807) is 20.8 Å². The Kier molecular flexibility index (Phi) is 9.81. The van der Waals surface area contributed by atoms with Gasteiger partial charge in [-0.1, -0.05) is 28.1 Å². The van der Waals surface area contributed by atoms with Gasteiger partial charge in [-0.2, -0.15) is 0 Å². The van der Waals surface area contributed by atoms with Crippen LogP contribution in [0, 0.1) is 5.92 Å². The van der Waals surface area contributed by atoms with Gasteiger partial charge in [0.1, 0.15) is 5.60 Å². The van der Waals surface area contributed by atoms with Crippen LogP contribution in [0.25, 0.3) is 0 Å². The van der Waals surface area contributed by atoms with E-state index >= 15 is 0 Å². The molecule has 0 spiro atoms. The summed E-state index contributed by atoms with van der Waals surface area (Å²) in [7, 11) is 0. The van der Waals surface area contributed by atoms with Gasteiger partial charge in [0.2, 0.25) is 11.8 Å². The largest absolute Gasteiger partial charge is 0.444 e. The fourth-order valence-electron chi connectivity index (χ4n) is 3.39. The first kappa shape index (κ1) is 25.2. The number of benzene rings is 1. The maximum absolute atomic E-state index is 12.5. The molecule has 172 valence electrons. The first-order chi connectivity index (χ1) is 14.6. The average molecular weight is 496 g/mol. The molecule has 0 saturated carbocycles. The minimum absolute atomic E-state index is 0.0935. The number of carbonyl (C=O) groups is 3. The number of ether oxygens (including phenoxy) is 1. The van der Waals surface area contributed by atoms with Gasteiger partial charge in [-0.15, -0.1) is 0 Å². The van der Waals surface area contributed by atoms with Crippen LogP contribution in [0.5, 0.6) is 0 Å². The van der Waals surface area contributed by atoms with Crippen molar-refractivity contribution >= 4 is 33.8 Å². The standard InChI is InChI=1S/C23H34BrN3O4/c1-23(2,3)31-22(30)25-13-10-20(28)26-16-18-11-14-27(15-12-18)21(29)9-6-17-4-7-19(24)8-5-17/h4-5,7-8,18H,6,9-16H2,1-3H3,(H,25,30)(H,26,28). The molecule has 1 fully saturated rings. The third-order valence-corrected chi connectivity index (χ3v) is 5.64. The van der Waals surface area contributed by atoms with Crippen molar-refractivity contribution in [1.29, 1.82) is 0 Å². The van der Waals surface area contributed by atoms with E-state index in [0.717, 1.165) is 42.4 Å². The summed E-state index contributed by atoms with van der Waals surface area (Å²) >= 11 is 3.42. The van der Waals surface area contributed by atoms with E-state index in [-0.39, 0.29) is 24.8 Å². The molecule has 2 rings (SSSR count). The summed E-state index contributed by atoms with van der Waals surface area (Å²) in [4.78, 5) is 38.0. The number of piperidine rings is 1. The second-order valence-corrected chi connectivity index (χ2v) is 9.85. The number of hydrogen-bond donors (Lipinski definition) is 2. The molecular weight excluding hydrogens is 462 g/mol. The van der Waals surface area contributed by atoms with Gasteiger partial charge in [-0.3, -0.25) is 9.59 Å². The number of hydrogen-bond acceptors (Lipinski definition) is 4. The molecule has 7 nitrogen and oxygen atoms in total. The first-order valence-corrected chi connectivity index (χ1v) is 11.7. The summed E-state index contributed by atoms with van der Waals surface area (Å²) in [5, 5.41) is 5.52. The van der Waals surface area contributed by atoms with E-state index in [2.05, 4.69) is 26.6 Å². The molecule has 0 aliphatic carbocycles. The third kappa shape index (κ3) is 10.2. The average Bonchev–Trinajstić information content (AvgIpc) is 2.70. The van der Waals surface area contributed by atoms with E-state index in [1.165, 1.54) is 0 Å². The summed E-state index contributed by atoms with van der Waals surface area (Å²) in [6, 6.07) is 8.06. The number of aryl methyl sites for hydroxylation is 1. The molecule has 3 amide bonds. The molecule has 0 atom stereocenters. The van der Waals surface area contributed by atoms with Crippen LogP contribution >= 0.6 is 15.9 Å². The van der Waals surface area contributed by atoms with E-state index < -0.39 is 11.7 Å². The maximum Gasteiger partial charge on any atom is 0.407 e. The lowest BCUT2D eigenvalue weighted by molar-refractivity contribution is -0.132. The molecule has 31 heavy (non-hydrogen) atoms. The smallest absolute Gasteiger partial charge is 0.407 e. The van der Waals surface area contributed by atoms with Crippen LogP contribution in [0.3, 0.4) is 0 Å². The SMILES string of the molecule is CC(C)(C)OC(=O)NCCC(=O)NCC1CCN(C(=O)CCc2ccc(Br)cc2)CC1. The van der Waals surface area contributed by atoms with Gasteiger partial charge in [-0.25, -0.2) is 4.79 Å². The molecule has 1 aromatic carbocycles. The summed E-state index contributed by atoms with van der Waals surface area (Å²) in [5.41, 5.74) is 0.608. The number of alkyl carbamates (subject to hydrolysis) is 1. The van der Waals surface area contributed by atoms with Crippen LogP contribution in [0.2, 0.25) is 0 Å². The van der Waals surface area contributed by atoms with Gasteiger partial charge in [0, 0.05) is 43.5 Å². The minimum atomic E-state index is -0.554. The van der Waals surface area contributed by atoms with Gasteiger partial charge in [0.15, 0.2) is 0 Å². The van der Waals surface area contributed by atoms with Crippen LogP contribution in [-0.2, 0) is 20.7 Å². The van der Waals surface area contributed by atoms with Crippen molar-refractivity contribution < 1.29 is 19.1 Å². The summed E-state index contributed by atoms with van der Waals surface area (Å²) in [5.74, 6) is 0.473. The van der Waals surface area contributed by atoms with Crippen LogP contribution in [0.15, 0.2) is 28.7 Å². The summed E-state index contributed by atoms with van der Waals surface area (Å²) < 4.78 is 6.17. The Morgan fingerprint density at radius 2 is 1.71 bits per heavy atom. The predicted molar refractivity (Wildman–Crippen MR) is 124 cm³/mol. The monoisotopic (exact) mass is 495 g/mol. The Morgan fingerprint density at radius 1 is 1.06 bits per heavy atom. The zero-order chi connectivity index (χ0) is 22.9. The second kappa shape index (κ2) is 12.1. The Balaban J connectivity index is 1.57. The van der Waals surface area contributed by atoms with Crippen LogP contribution < -0.4 is 10.6 Å². The van der Waals surface area contributed by atoms with Crippen molar-refractivity contribution in [3.8, 4) is 0 Å². The van der Waals surface area contributed by atoms with Crippen molar-refractivity contribution in [2.75, 3.05) is 26.2 Å². The van der Waals surface area contributed by atoms with Crippen molar-refractivity contribution in [1.82, 2.24) is 15.5 Å². The van der Waals surface area contributed by atoms with Crippen LogP contribution in [0.1, 0.15) is 52.0 Å². The summed E-state index contributed by atoms with van der Waals surface area (Å²) in [6.45, 7) is 7.69. The van der Waals surface area contributed by atoms with Crippen molar-refractivity contribution in [2.24, 2.45) is 5.92 Å². The Morgan fingerprint density at radius 3 is 2.32 bits per heavy atom. The summed E-state index contributed by atoms with van der Waals surface area (Å²) in [6.07, 6.45) is 2.75. The van der Waals surface area contributed by atoms with Crippen LogP contribution in [-0.4, -0.2) is 54.6 Å². The lowest BCUT2D eigenvalue weighted by Gasteiger charge is -2.32. The maximum atomic E-state index is 12.5. The highest BCUT2D eigenvalue weighted by Crippen LogP contribution is 2.18. The highest BCUT2D eigenvalue weighted by molar-refractivity contribution is 9.10. The fourth-order valence-corrected chi connectivity index (χ4v) is 3.65. The highest BCUT2D eigenvalue weighted by atomic mass is 79.9. The first-order valence-electron chi connectivity index (χ1n) is 10.9. The molecule has 1 aliphatic rings. The van der Waals surface area contributed by atoms with Gasteiger partial charge in [-0.05, 0) is 63.6 Å². The molecule has 0 unspecified atom stereocenters. The van der Waals surface area contributed by atoms with Crippen molar-refractivity contribution in [3.05, 3.63) is 34.3 Å². The van der Waals surface area contributed by atoms with Gasteiger partial charge in [0.25, 0.3) is 0 Å². The van der Waals surface area contributed by atoms with Gasteiger partial charge < -0.3 is 20.3 Å². The number of carbonyl (C=O) groups excluding carboxylic acids is 3. The lowest BCUT2D eigenvalue weighted by Crippen LogP contribution is -2.42. The van der Waals surface area contributed by atoms with Gasteiger partial charge >= 0.3 is 6.09 Å². The molecule has 0 bridgehead atoms. The number of halogens is 1. The van der Waals surface area contributed by atoms with Crippen molar-refractivity contribution in [3.63, 3.8) is 0 Å². The molecule has 8 heteroatoms. The lowest BCUT2D eigenvalue weighted by atomic mass is 9.96. The topological polar surface area (TPSA) is 87.7 Å². The Hall–Kier alpha value is -2.09. The molecule has 1 aliphatic heterocycles. The molecular formula is C23H34BrN3O4. The van der Waals surface area contributed by atoms with Crippen LogP contribution in [0.4, 0.5) is 4.79 Å². The number of amides is 3. The number of likely N-dealkylation sites (tertiary alicyclic amines) is 1. The second-order valence-electron chi connectivity index (χ2n) is 8.93. The molecule has 0 radical (unpaired) electrons. The number of nitrogens with one attached hydrogen (secondary N) is 2. The fraction of sp³-hybridized carbons (Fsp3) is 0.609. The molecule has 1 saturated heterocycles. The Bertz CT molecular complexity index is 738. The third-order valence-electron chi connectivity index (χ3n) is 5.12. The zero-order valence-electron chi connectivity index (χ0n) is 18.7. The highest BCUT2D eigenvalue weighted by Gasteiger charge is 2.23. The van der Waals surface area contributed by atoms with E-state index in [9.17, 15) is 14.4 Å². The molecule has 2 N–H and O–H groups in total. The predicted octanol–water partition coefficient (Wildman–Crippen LogP) is 3.65. The minimum Gasteiger partial charge on any atom is -0.444 e. The molecule has 1 aromatic rings. The van der Waals surface area contributed by atoms with Gasteiger partial charge in [0.05, 0.1) is 0 Å². The van der Waals surface area contributed by atoms with E-state index in [4.69, 9.17) is 4.74 Å². The quantitative estimate of drug-likeness (QED) is 0.575.